The molecular weight excluding hydrogens is 305 g/mol. The summed E-state index contributed by atoms with van der Waals surface area (Å²) in [5.41, 5.74) is 0.749. The van der Waals surface area contributed by atoms with Crippen LogP contribution in [0.25, 0.3) is 0 Å². The standard InChI is InChI=1S/C16H24FNOS2/c1-3-7-18-13(15-11-20-8-9-21-15)10-12-5-4-6-14(19-2)16(12)17/h4-6,13,15,18H,3,7-11H2,1-2H3. The minimum absolute atomic E-state index is 0.211. The Morgan fingerprint density at radius 2 is 2.29 bits per heavy atom. The van der Waals surface area contributed by atoms with Gasteiger partial charge in [0.2, 0.25) is 0 Å². The summed E-state index contributed by atoms with van der Waals surface area (Å²) >= 11 is 4.03. The molecule has 2 atom stereocenters. The van der Waals surface area contributed by atoms with E-state index in [9.17, 15) is 4.39 Å². The van der Waals surface area contributed by atoms with Crippen LogP contribution < -0.4 is 10.1 Å². The summed E-state index contributed by atoms with van der Waals surface area (Å²) in [6, 6.07) is 5.75. The number of methoxy groups -OCH3 is 1. The quantitative estimate of drug-likeness (QED) is 0.825. The zero-order valence-electron chi connectivity index (χ0n) is 12.7. The zero-order valence-corrected chi connectivity index (χ0v) is 14.4. The molecule has 1 aromatic rings. The van der Waals surface area contributed by atoms with E-state index in [1.807, 2.05) is 35.7 Å². The lowest BCUT2D eigenvalue weighted by molar-refractivity contribution is 0.382. The van der Waals surface area contributed by atoms with E-state index in [1.165, 1.54) is 18.6 Å². The molecule has 1 fully saturated rings. The van der Waals surface area contributed by atoms with Gasteiger partial charge in [0.05, 0.1) is 7.11 Å². The molecule has 1 aliphatic heterocycles. The first kappa shape index (κ1) is 17.0. The molecule has 1 aromatic carbocycles. The van der Waals surface area contributed by atoms with Crippen LogP contribution in [0.15, 0.2) is 18.2 Å². The molecule has 2 rings (SSSR count). The van der Waals surface area contributed by atoms with Crippen LogP contribution in [0.1, 0.15) is 18.9 Å². The van der Waals surface area contributed by atoms with Crippen molar-refractivity contribution in [3.05, 3.63) is 29.6 Å². The van der Waals surface area contributed by atoms with Crippen LogP contribution in [-0.2, 0) is 6.42 Å². The van der Waals surface area contributed by atoms with Gasteiger partial charge in [-0.2, -0.15) is 23.5 Å². The van der Waals surface area contributed by atoms with Crippen LogP contribution in [-0.4, -0.2) is 42.2 Å². The monoisotopic (exact) mass is 329 g/mol. The number of ether oxygens (including phenoxy) is 1. The molecule has 1 heterocycles. The molecule has 0 saturated carbocycles. The number of hydrogen-bond donors (Lipinski definition) is 1. The van der Waals surface area contributed by atoms with Gasteiger partial charge < -0.3 is 10.1 Å². The Balaban J connectivity index is 2.10. The highest BCUT2D eigenvalue weighted by atomic mass is 32.2. The maximum Gasteiger partial charge on any atom is 0.168 e. The molecule has 0 spiro atoms. The SMILES string of the molecule is CCCNC(Cc1cccc(OC)c1F)C1CSCCS1. The Morgan fingerprint density at radius 1 is 1.43 bits per heavy atom. The summed E-state index contributed by atoms with van der Waals surface area (Å²) in [6.45, 7) is 3.15. The second-order valence-electron chi connectivity index (χ2n) is 5.18. The molecular formula is C16H24FNOS2. The average molecular weight is 330 g/mol. The molecule has 21 heavy (non-hydrogen) atoms. The molecule has 0 bridgehead atoms. The fourth-order valence-electron chi connectivity index (χ4n) is 2.51. The summed E-state index contributed by atoms with van der Waals surface area (Å²) in [5, 5.41) is 4.17. The number of hydrogen-bond acceptors (Lipinski definition) is 4. The Hall–Kier alpha value is -0.390. The van der Waals surface area contributed by atoms with Crippen molar-refractivity contribution in [2.75, 3.05) is 30.9 Å². The maximum atomic E-state index is 14.4. The van der Waals surface area contributed by atoms with Crippen LogP contribution in [0.5, 0.6) is 5.75 Å². The van der Waals surface area contributed by atoms with Gasteiger partial charge in [-0.25, -0.2) is 4.39 Å². The lowest BCUT2D eigenvalue weighted by Gasteiger charge is -2.30. The van der Waals surface area contributed by atoms with Gasteiger partial charge in [-0.1, -0.05) is 19.1 Å². The third kappa shape index (κ3) is 4.80. The number of thioether (sulfide) groups is 2. The number of benzene rings is 1. The zero-order chi connectivity index (χ0) is 15.1. The summed E-state index contributed by atoms with van der Waals surface area (Å²) in [7, 11) is 1.52. The van der Waals surface area contributed by atoms with E-state index in [-0.39, 0.29) is 5.82 Å². The van der Waals surface area contributed by atoms with Crippen molar-refractivity contribution in [2.45, 2.75) is 31.1 Å². The van der Waals surface area contributed by atoms with Crippen LogP contribution in [0.4, 0.5) is 4.39 Å². The molecule has 0 amide bonds. The van der Waals surface area contributed by atoms with Gasteiger partial charge in [-0.3, -0.25) is 0 Å². The first-order chi connectivity index (χ1) is 10.3. The first-order valence-electron chi connectivity index (χ1n) is 7.50. The summed E-state index contributed by atoms with van der Waals surface area (Å²) in [5.74, 6) is 3.71. The van der Waals surface area contributed by atoms with Gasteiger partial charge >= 0.3 is 0 Å². The molecule has 0 aliphatic carbocycles. The average Bonchev–Trinajstić information content (AvgIpc) is 2.53. The van der Waals surface area contributed by atoms with Crippen LogP contribution >= 0.6 is 23.5 Å². The van der Waals surface area contributed by atoms with Crippen molar-refractivity contribution in [1.82, 2.24) is 5.32 Å². The Morgan fingerprint density at radius 3 is 2.95 bits per heavy atom. The predicted molar refractivity (Wildman–Crippen MR) is 92.3 cm³/mol. The van der Waals surface area contributed by atoms with Crippen LogP contribution in [0.2, 0.25) is 0 Å². The lowest BCUT2D eigenvalue weighted by atomic mass is 10.0. The van der Waals surface area contributed by atoms with Crippen molar-refractivity contribution in [1.29, 1.82) is 0 Å². The summed E-state index contributed by atoms with van der Waals surface area (Å²) in [4.78, 5) is 0. The third-order valence-corrected chi connectivity index (χ3v) is 6.57. The van der Waals surface area contributed by atoms with Crippen molar-refractivity contribution < 1.29 is 9.13 Å². The van der Waals surface area contributed by atoms with Gasteiger partial charge in [0, 0.05) is 28.6 Å². The minimum atomic E-state index is -0.211. The molecule has 1 N–H and O–H groups in total. The summed E-state index contributed by atoms with van der Waals surface area (Å²) < 4.78 is 19.4. The Kier molecular flexibility index (Phi) is 7.20. The molecule has 0 radical (unpaired) electrons. The molecule has 2 nitrogen and oxygen atoms in total. The largest absolute Gasteiger partial charge is 0.494 e. The highest BCUT2D eigenvalue weighted by Gasteiger charge is 2.25. The molecule has 118 valence electrons. The topological polar surface area (TPSA) is 21.3 Å². The van der Waals surface area contributed by atoms with Crippen molar-refractivity contribution in [2.24, 2.45) is 0 Å². The third-order valence-electron chi connectivity index (χ3n) is 3.65. The number of halogens is 1. The van der Waals surface area contributed by atoms with Crippen molar-refractivity contribution >= 4 is 23.5 Å². The van der Waals surface area contributed by atoms with E-state index in [4.69, 9.17) is 4.74 Å². The van der Waals surface area contributed by atoms with E-state index < -0.39 is 0 Å². The first-order valence-corrected chi connectivity index (χ1v) is 9.70. The molecule has 5 heteroatoms. The number of nitrogens with one attached hydrogen (secondary N) is 1. The van der Waals surface area contributed by atoms with Gasteiger partial charge in [0.25, 0.3) is 0 Å². The minimum Gasteiger partial charge on any atom is -0.494 e. The van der Waals surface area contributed by atoms with Gasteiger partial charge in [0.1, 0.15) is 0 Å². The fraction of sp³-hybridized carbons (Fsp3) is 0.625. The second-order valence-corrected chi connectivity index (χ2v) is 7.68. The lowest BCUT2D eigenvalue weighted by Crippen LogP contribution is -2.43. The van der Waals surface area contributed by atoms with Gasteiger partial charge in [-0.15, -0.1) is 0 Å². The second kappa shape index (κ2) is 8.91. The predicted octanol–water partition coefficient (Wildman–Crippen LogP) is 3.59. The summed E-state index contributed by atoms with van der Waals surface area (Å²) in [6.07, 6.45) is 1.82. The molecule has 1 saturated heterocycles. The van der Waals surface area contributed by atoms with E-state index in [0.717, 1.165) is 30.7 Å². The Bertz CT molecular complexity index is 438. The smallest absolute Gasteiger partial charge is 0.168 e. The van der Waals surface area contributed by atoms with E-state index in [0.29, 0.717) is 17.0 Å². The molecule has 2 unspecified atom stereocenters. The van der Waals surface area contributed by atoms with E-state index in [1.54, 1.807) is 6.07 Å². The van der Waals surface area contributed by atoms with E-state index in [2.05, 4.69) is 12.2 Å². The van der Waals surface area contributed by atoms with Gasteiger partial charge in [0.15, 0.2) is 11.6 Å². The number of rotatable bonds is 7. The van der Waals surface area contributed by atoms with E-state index >= 15 is 0 Å². The normalized spacial score (nSPS) is 20.2. The fourth-order valence-corrected chi connectivity index (χ4v) is 5.40. The highest BCUT2D eigenvalue weighted by molar-refractivity contribution is 8.06. The Labute approximate surface area is 135 Å². The van der Waals surface area contributed by atoms with Gasteiger partial charge in [-0.05, 0) is 31.0 Å². The highest BCUT2D eigenvalue weighted by Crippen LogP contribution is 2.29. The van der Waals surface area contributed by atoms with Crippen molar-refractivity contribution in [3.8, 4) is 5.75 Å². The maximum absolute atomic E-state index is 14.4. The molecule has 0 aromatic heterocycles. The van der Waals surface area contributed by atoms with Crippen molar-refractivity contribution in [3.63, 3.8) is 0 Å². The van der Waals surface area contributed by atoms with Crippen LogP contribution in [0.3, 0.4) is 0 Å². The van der Waals surface area contributed by atoms with Crippen LogP contribution in [0, 0.1) is 5.82 Å². The molecule has 1 aliphatic rings.